The lowest BCUT2D eigenvalue weighted by Gasteiger charge is -2.38. The molecule has 0 amide bonds. The Labute approximate surface area is 102 Å². The maximum atomic E-state index is 5.89. The first kappa shape index (κ1) is 10.6. The van der Waals surface area contributed by atoms with Crippen LogP contribution in [-0.2, 0) is 4.74 Å². The molecule has 0 spiro atoms. The zero-order valence-corrected chi connectivity index (χ0v) is 10.0. The summed E-state index contributed by atoms with van der Waals surface area (Å²) in [5.41, 5.74) is 2.60. The van der Waals surface area contributed by atoms with Gasteiger partial charge in [0.1, 0.15) is 6.73 Å². The molecule has 1 aliphatic carbocycles. The third kappa shape index (κ3) is 2.01. The van der Waals surface area contributed by atoms with E-state index in [-0.39, 0.29) is 6.10 Å². The van der Waals surface area contributed by atoms with Gasteiger partial charge in [0.05, 0.1) is 6.10 Å². The molecular weight excluding hydrogens is 210 g/mol. The largest absolute Gasteiger partial charge is 0.353 e. The second-order valence-electron chi connectivity index (χ2n) is 4.70. The molecule has 0 bridgehead atoms. The van der Waals surface area contributed by atoms with Crippen LogP contribution in [0.15, 0.2) is 48.6 Å². The predicted molar refractivity (Wildman–Crippen MR) is 70.0 cm³/mol. The van der Waals surface area contributed by atoms with E-state index in [4.69, 9.17) is 4.74 Å². The minimum atomic E-state index is 0.264. The van der Waals surface area contributed by atoms with Crippen LogP contribution in [0.3, 0.4) is 0 Å². The van der Waals surface area contributed by atoms with Crippen molar-refractivity contribution in [2.75, 3.05) is 18.2 Å². The third-order valence-corrected chi connectivity index (χ3v) is 3.50. The molecule has 2 nitrogen and oxygen atoms in total. The highest BCUT2D eigenvalue weighted by Gasteiger charge is 2.28. The summed E-state index contributed by atoms with van der Waals surface area (Å²) in [6.45, 7) is 3.87. The number of benzene rings is 1. The fraction of sp³-hybridized carbons (Fsp3) is 0.333. The number of ether oxygens (including phenoxy) is 1. The third-order valence-electron chi connectivity index (χ3n) is 3.50. The molecule has 2 unspecified atom stereocenters. The molecule has 2 atom stereocenters. The molecule has 1 heterocycles. The SMILES string of the molecule is Cc1ccccc1N1COC2C=CC=CC2C1. The van der Waals surface area contributed by atoms with Crippen molar-refractivity contribution in [3.8, 4) is 0 Å². The van der Waals surface area contributed by atoms with Crippen LogP contribution in [-0.4, -0.2) is 19.4 Å². The molecule has 0 saturated carbocycles. The molecule has 2 aliphatic rings. The summed E-state index contributed by atoms with van der Waals surface area (Å²) < 4.78 is 5.89. The Morgan fingerprint density at radius 1 is 1.18 bits per heavy atom. The van der Waals surface area contributed by atoms with E-state index < -0.39 is 0 Å². The first-order chi connectivity index (χ1) is 8.34. The molecule has 0 radical (unpaired) electrons. The Kier molecular flexibility index (Phi) is 2.73. The average molecular weight is 227 g/mol. The lowest BCUT2D eigenvalue weighted by Crippen LogP contribution is -2.44. The van der Waals surface area contributed by atoms with Crippen LogP contribution in [0, 0.1) is 12.8 Å². The Balaban J connectivity index is 1.81. The van der Waals surface area contributed by atoms with Gasteiger partial charge in [-0.2, -0.15) is 0 Å². The van der Waals surface area contributed by atoms with E-state index in [1.807, 2.05) is 0 Å². The van der Waals surface area contributed by atoms with E-state index in [0.29, 0.717) is 12.6 Å². The summed E-state index contributed by atoms with van der Waals surface area (Å²) in [5, 5.41) is 0. The Morgan fingerprint density at radius 2 is 2.00 bits per heavy atom. The Morgan fingerprint density at radius 3 is 2.88 bits per heavy atom. The summed E-state index contributed by atoms with van der Waals surface area (Å²) in [4.78, 5) is 2.32. The molecule has 1 saturated heterocycles. The van der Waals surface area contributed by atoms with Crippen LogP contribution < -0.4 is 4.90 Å². The molecule has 1 fully saturated rings. The van der Waals surface area contributed by atoms with Gasteiger partial charge in [-0.15, -0.1) is 0 Å². The number of anilines is 1. The van der Waals surface area contributed by atoms with Crippen LogP contribution in [0.25, 0.3) is 0 Å². The van der Waals surface area contributed by atoms with Gasteiger partial charge in [0.15, 0.2) is 0 Å². The molecule has 0 aromatic heterocycles. The smallest absolute Gasteiger partial charge is 0.119 e. The van der Waals surface area contributed by atoms with Crippen LogP contribution >= 0.6 is 0 Å². The normalized spacial score (nSPS) is 27.0. The predicted octanol–water partition coefficient (Wildman–Crippen LogP) is 2.90. The van der Waals surface area contributed by atoms with Gasteiger partial charge in [0, 0.05) is 18.2 Å². The standard InChI is InChI=1S/C15H17NO/c1-12-6-2-4-8-14(12)16-10-13-7-3-5-9-15(13)17-11-16/h2-9,13,15H,10-11H2,1H3. The molecular formula is C15H17NO. The van der Waals surface area contributed by atoms with Crippen molar-refractivity contribution in [2.45, 2.75) is 13.0 Å². The second-order valence-corrected chi connectivity index (χ2v) is 4.70. The van der Waals surface area contributed by atoms with Crippen molar-refractivity contribution in [1.82, 2.24) is 0 Å². The average Bonchev–Trinajstić information content (AvgIpc) is 2.39. The fourth-order valence-corrected chi connectivity index (χ4v) is 2.55. The second kappa shape index (κ2) is 4.38. The molecule has 17 heavy (non-hydrogen) atoms. The van der Waals surface area contributed by atoms with Gasteiger partial charge < -0.3 is 9.64 Å². The highest BCUT2D eigenvalue weighted by Crippen LogP contribution is 2.28. The van der Waals surface area contributed by atoms with Gasteiger partial charge in [-0.3, -0.25) is 0 Å². The maximum absolute atomic E-state index is 5.89. The quantitative estimate of drug-likeness (QED) is 0.731. The van der Waals surface area contributed by atoms with E-state index in [1.165, 1.54) is 11.3 Å². The zero-order chi connectivity index (χ0) is 11.7. The van der Waals surface area contributed by atoms with Crippen molar-refractivity contribution in [3.63, 3.8) is 0 Å². The van der Waals surface area contributed by atoms with E-state index in [0.717, 1.165) is 6.54 Å². The molecule has 2 heteroatoms. The first-order valence-electron chi connectivity index (χ1n) is 6.12. The highest BCUT2D eigenvalue weighted by molar-refractivity contribution is 5.53. The summed E-state index contributed by atoms with van der Waals surface area (Å²) in [5.74, 6) is 0.480. The molecule has 1 aliphatic heterocycles. The lowest BCUT2D eigenvalue weighted by atomic mass is 9.95. The number of para-hydroxylation sites is 1. The Hall–Kier alpha value is -1.54. The molecule has 1 aromatic rings. The first-order valence-corrected chi connectivity index (χ1v) is 6.12. The minimum Gasteiger partial charge on any atom is -0.353 e. The van der Waals surface area contributed by atoms with Gasteiger partial charge >= 0.3 is 0 Å². The van der Waals surface area contributed by atoms with Crippen molar-refractivity contribution >= 4 is 5.69 Å². The number of rotatable bonds is 1. The van der Waals surface area contributed by atoms with Gasteiger partial charge in [-0.1, -0.05) is 42.5 Å². The topological polar surface area (TPSA) is 12.5 Å². The van der Waals surface area contributed by atoms with Crippen molar-refractivity contribution in [3.05, 3.63) is 54.1 Å². The molecule has 0 N–H and O–H groups in total. The maximum Gasteiger partial charge on any atom is 0.119 e. The summed E-state index contributed by atoms with van der Waals surface area (Å²) in [6, 6.07) is 8.49. The molecule has 3 rings (SSSR count). The van der Waals surface area contributed by atoms with Gasteiger partial charge in [-0.05, 0) is 18.6 Å². The van der Waals surface area contributed by atoms with Crippen LogP contribution in [0.5, 0.6) is 0 Å². The van der Waals surface area contributed by atoms with E-state index in [2.05, 4.69) is 60.4 Å². The lowest BCUT2D eigenvalue weighted by molar-refractivity contribution is 0.0299. The number of hydrogen-bond donors (Lipinski definition) is 0. The van der Waals surface area contributed by atoms with E-state index >= 15 is 0 Å². The minimum absolute atomic E-state index is 0.264. The summed E-state index contributed by atoms with van der Waals surface area (Å²) >= 11 is 0. The Bertz CT molecular complexity index is 464. The van der Waals surface area contributed by atoms with E-state index in [9.17, 15) is 0 Å². The van der Waals surface area contributed by atoms with Crippen LogP contribution in [0.2, 0.25) is 0 Å². The number of hydrogen-bond acceptors (Lipinski definition) is 2. The number of allylic oxidation sites excluding steroid dienone is 2. The number of nitrogens with zero attached hydrogens (tertiary/aromatic N) is 1. The van der Waals surface area contributed by atoms with Crippen LogP contribution in [0.4, 0.5) is 5.69 Å². The monoisotopic (exact) mass is 227 g/mol. The highest BCUT2D eigenvalue weighted by atomic mass is 16.5. The van der Waals surface area contributed by atoms with Crippen molar-refractivity contribution in [1.29, 1.82) is 0 Å². The van der Waals surface area contributed by atoms with Gasteiger partial charge in [-0.25, -0.2) is 0 Å². The van der Waals surface area contributed by atoms with E-state index in [1.54, 1.807) is 0 Å². The van der Waals surface area contributed by atoms with Crippen LogP contribution in [0.1, 0.15) is 5.56 Å². The van der Waals surface area contributed by atoms with Gasteiger partial charge in [0.2, 0.25) is 0 Å². The van der Waals surface area contributed by atoms with Crippen molar-refractivity contribution < 1.29 is 4.74 Å². The molecule has 88 valence electrons. The fourth-order valence-electron chi connectivity index (χ4n) is 2.55. The number of aryl methyl sites for hydroxylation is 1. The van der Waals surface area contributed by atoms with Gasteiger partial charge in [0.25, 0.3) is 0 Å². The number of fused-ring (bicyclic) bond motifs is 1. The molecule has 1 aromatic carbocycles. The summed E-state index contributed by atoms with van der Waals surface area (Å²) in [7, 11) is 0. The zero-order valence-electron chi connectivity index (χ0n) is 10.0. The van der Waals surface area contributed by atoms with Crippen molar-refractivity contribution in [2.24, 2.45) is 5.92 Å². The summed E-state index contributed by atoms with van der Waals surface area (Å²) in [6.07, 6.45) is 8.85.